The van der Waals surface area contributed by atoms with Crippen LogP contribution in [0.5, 0.6) is 0 Å². The molecule has 0 saturated heterocycles. The van der Waals surface area contributed by atoms with Crippen LogP contribution in [0.4, 0.5) is 11.6 Å². The number of nitrogens with two attached hydrogens (primary N) is 1. The van der Waals surface area contributed by atoms with Crippen molar-refractivity contribution in [2.45, 2.75) is 19.3 Å². The summed E-state index contributed by atoms with van der Waals surface area (Å²) in [6.45, 7) is 0.749. The molecule has 0 amide bonds. The fourth-order valence-electron chi connectivity index (χ4n) is 1.64. The minimum atomic E-state index is -1.04. The molecule has 1 aliphatic carbocycles. The van der Waals surface area contributed by atoms with Gasteiger partial charge in [-0.15, -0.1) is 10.2 Å². The SMILES string of the molecule is Nc1cc(C(=O)O)c(NCC2CCC2)nn1. The lowest BCUT2D eigenvalue weighted by Gasteiger charge is -2.25. The number of nitrogen functional groups attached to an aromatic ring is 1. The fraction of sp³-hybridized carbons (Fsp3) is 0.500. The van der Waals surface area contributed by atoms with Gasteiger partial charge in [0.05, 0.1) is 0 Å². The van der Waals surface area contributed by atoms with Crippen molar-refractivity contribution in [2.75, 3.05) is 17.6 Å². The van der Waals surface area contributed by atoms with Crippen molar-refractivity contribution in [3.63, 3.8) is 0 Å². The first kappa shape index (κ1) is 10.7. The number of carbonyl (C=O) groups is 1. The van der Waals surface area contributed by atoms with E-state index >= 15 is 0 Å². The minimum absolute atomic E-state index is 0.0758. The summed E-state index contributed by atoms with van der Waals surface area (Å²) in [6.07, 6.45) is 3.64. The normalized spacial score (nSPS) is 15.5. The highest BCUT2D eigenvalue weighted by atomic mass is 16.4. The highest BCUT2D eigenvalue weighted by molar-refractivity contribution is 5.93. The molecule has 0 spiro atoms. The molecule has 6 nitrogen and oxygen atoms in total. The monoisotopic (exact) mass is 222 g/mol. The summed E-state index contributed by atoms with van der Waals surface area (Å²) < 4.78 is 0. The molecule has 4 N–H and O–H groups in total. The molecular weight excluding hydrogens is 208 g/mol. The van der Waals surface area contributed by atoms with Crippen LogP contribution in [-0.2, 0) is 0 Å². The molecule has 1 aromatic rings. The summed E-state index contributed by atoms with van der Waals surface area (Å²) in [5, 5.41) is 19.4. The third-order valence-electron chi connectivity index (χ3n) is 2.83. The highest BCUT2D eigenvalue weighted by Crippen LogP contribution is 2.26. The molecule has 1 aliphatic rings. The molecule has 6 heteroatoms. The van der Waals surface area contributed by atoms with Gasteiger partial charge in [-0.05, 0) is 18.8 Å². The second-order valence-electron chi connectivity index (χ2n) is 4.01. The van der Waals surface area contributed by atoms with E-state index in [-0.39, 0.29) is 11.4 Å². The second-order valence-corrected chi connectivity index (χ2v) is 4.01. The predicted molar refractivity (Wildman–Crippen MR) is 59.2 cm³/mol. The number of rotatable bonds is 4. The van der Waals surface area contributed by atoms with E-state index in [0.29, 0.717) is 11.7 Å². The number of hydrogen-bond acceptors (Lipinski definition) is 5. The number of aromatic carboxylic acids is 1. The van der Waals surface area contributed by atoms with Crippen LogP contribution in [-0.4, -0.2) is 27.8 Å². The number of nitrogens with one attached hydrogen (secondary N) is 1. The topological polar surface area (TPSA) is 101 Å². The minimum Gasteiger partial charge on any atom is -0.478 e. The molecule has 16 heavy (non-hydrogen) atoms. The maximum absolute atomic E-state index is 10.9. The lowest BCUT2D eigenvalue weighted by molar-refractivity contribution is 0.0697. The van der Waals surface area contributed by atoms with Crippen molar-refractivity contribution in [3.8, 4) is 0 Å². The van der Waals surface area contributed by atoms with Gasteiger partial charge < -0.3 is 16.2 Å². The maximum Gasteiger partial charge on any atom is 0.339 e. The van der Waals surface area contributed by atoms with Crippen LogP contribution in [0.15, 0.2) is 6.07 Å². The molecule has 0 aromatic carbocycles. The van der Waals surface area contributed by atoms with Crippen LogP contribution in [0.25, 0.3) is 0 Å². The van der Waals surface area contributed by atoms with Crippen LogP contribution in [0.1, 0.15) is 29.6 Å². The van der Waals surface area contributed by atoms with E-state index in [0.717, 1.165) is 6.54 Å². The van der Waals surface area contributed by atoms with Gasteiger partial charge in [0.1, 0.15) is 11.4 Å². The Balaban J connectivity index is 2.08. The first-order valence-corrected chi connectivity index (χ1v) is 5.27. The van der Waals surface area contributed by atoms with Gasteiger partial charge in [0, 0.05) is 12.6 Å². The van der Waals surface area contributed by atoms with E-state index in [4.69, 9.17) is 10.8 Å². The molecule has 86 valence electrons. The Kier molecular flexibility index (Phi) is 2.89. The van der Waals surface area contributed by atoms with Gasteiger partial charge in [0.2, 0.25) is 0 Å². The van der Waals surface area contributed by atoms with Crippen LogP contribution in [0.2, 0.25) is 0 Å². The largest absolute Gasteiger partial charge is 0.478 e. The third kappa shape index (κ3) is 2.21. The lowest BCUT2D eigenvalue weighted by atomic mass is 9.85. The van der Waals surface area contributed by atoms with Crippen molar-refractivity contribution in [2.24, 2.45) is 5.92 Å². The van der Waals surface area contributed by atoms with Crippen molar-refractivity contribution in [1.29, 1.82) is 0 Å². The van der Waals surface area contributed by atoms with Gasteiger partial charge in [0.25, 0.3) is 0 Å². The van der Waals surface area contributed by atoms with Crippen LogP contribution in [0.3, 0.4) is 0 Å². The highest BCUT2D eigenvalue weighted by Gasteiger charge is 2.19. The Morgan fingerprint density at radius 3 is 2.88 bits per heavy atom. The number of nitrogens with zero attached hydrogens (tertiary/aromatic N) is 2. The van der Waals surface area contributed by atoms with Crippen LogP contribution in [0, 0.1) is 5.92 Å². The van der Waals surface area contributed by atoms with Crippen LogP contribution < -0.4 is 11.1 Å². The number of carboxylic acids is 1. The van der Waals surface area contributed by atoms with Crippen molar-refractivity contribution in [3.05, 3.63) is 11.6 Å². The van der Waals surface area contributed by atoms with E-state index in [1.54, 1.807) is 0 Å². The van der Waals surface area contributed by atoms with Crippen LogP contribution >= 0.6 is 0 Å². The smallest absolute Gasteiger partial charge is 0.339 e. The molecule has 0 unspecified atom stereocenters. The van der Waals surface area contributed by atoms with E-state index in [2.05, 4.69) is 15.5 Å². The van der Waals surface area contributed by atoms with Crippen molar-refractivity contribution < 1.29 is 9.90 Å². The maximum atomic E-state index is 10.9. The lowest BCUT2D eigenvalue weighted by Crippen LogP contribution is -2.22. The Morgan fingerprint density at radius 2 is 2.31 bits per heavy atom. The van der Waals surface area contributed by atoms with Gasteiger partial charge in [0.15, 0.2) is 5.82 Å². The van der Waals surface area contributed by atoms with Crippen molar-refractivity contribution in [1.82, 2.24) is 10.2 Å². The molecule has 0 bridgehead atoms. The van der Waals surface area contributed by atoms with Gasteiger partial charge >= 0.3 is 5.97 Å². The summed E-state index contributed by atoms with van der Waals surface area (Å²) in [7, 11) is 0. The molecule has 0 radical (unpaired) electrons. The second kappa shape index (κ2) is 4.34. The van der Waals surface area contributed by atoms with E-state index < -0.39 is 5.97 Å². The summed E-state index contributed by atoms with van der Waals surface area (Å²) in [5.41, 5.74) is 5.47. The Hall–Kier alpha value is -1.85. The Labute approximate surface area is 92.9 Å². The average Bonchev–Trinajstić information content (AvgIpc) is 2.17. The zero-order valence-corrected chi connectivity index (χ0v) is 8.81. The number of carboxylic acid groups (broad SMARTS) is 1. The summed E-state index contributed by atoms with van der Waals surface area (Å²) >= 11 is 0. The Morgan fingerprint density at radius 1 is 1.56 bits per heavy atom. The van der Waals surface area contributed by atoms with Crippen molar-refractivity contribution >= 4 is 17.6 Å². The summed E-state index contributed by atoms with van der Waals surface area (Å²) in [6, 6.07) is 1.32. The Bertz CT molecular complexity index is 404. The molecule has 1 heterocycles. The van der Waals surface area contributed by atoms with Gasteiger partial charge in [-0.3, -0.25) is 0 Å². The summed E-state index contributed by atoms with van der Waals surface area (Å²) in [4.78, 5) is 10.9. The molecule has 2 rings (SSSR count). The third-order valence-corrected chi connectivity index (χ3v) is 2.83. The van der Waals surface area contributed by atoms with Gasteiger partial charge in [-0.1, -0.05) is 6.42 Å². The average molecular weight is 222 g/mol. The standard InChI is InChI=1S/C10H14N4O2/c11-8-4-7(10(15)16)9(14-13-8)12-5-6-2-1-3-6/h4,6H,1-3,5H2,(H2,11,13)(H,12,14)(H,15,16). The number of hydrogen-bond donors (Lipinski definition) is 3. The molecular formula is C10H14N4O2. The zero-order valence-electron chi connectivity index (χ0n) is 8.81. The van der Waals surface area contributed by atoms with E-state index in [9.17, 15) is 4.79 Å². The number of aromatic nitrogens is 2. The first-order chi connectivity index (χ1) is 7.66. The molecule has 1 aromatic heterocycles. The molecule has 0 aliphatic heterocycles. The predicted octanol–water partition coefficient (Wildman–Crippen LogP) is 0.969. The number of anilines is 2. The molecule has 0 atom stereocenters. The van der Waals surface area contributed by atoms with E-state index in [1.807, 2.05) is 0 Å². The first-order valence-electron chi connectivity index (χ1n) is 5.27. The summed E-state index contributed by atoms with van der Waals surface area (Å²) in [5.74, 6) is -0.00102. The van der Waals surface area contributed by atoms with Gasteiger partial charge in [-0.2, -0.15) is 0 Å². The fourth-order valence-corrected chi connectivity index (χ4v) is 1.64. The molecule has 1 saturated carbocycles. The van der Waals surface area contributed by atoms with E-state index in [1.165, 1.54) is 25.3 Å². The molecule has 1 fully saturated rings. The van der Waals surface area contributed by atoms with Gasteiger partial charge in [-0.25, -0.2) is 4.79 Å². The quantitative estimate of drug-likeness (QED) is 0.701. The zero-order chi connectivity index (χ0) is 11.5.